The largest absolute Gasteiger partial charge is 0.548 e. The van der Waals surface area contributed by atoms with E-state index in [0.29, 0.717) is 5.75 Å². The highest BCUT2D eigenvalue weighted by Gasteiger charge is 2.17. The lowest BCUT2D eigenvalue weighted by molar-refractivity contribution is -0.307. The monoisotopic (exact) mass is 258 g/mol. The summed E-state index contributed by atoms with van der Waals surface area (Å²) >= 11 is 0. The Balaban J connectivity index is 2.93. The molecule has 7 heteroatoms. The van der Waals surface area contributed by atoms with Gasteiger partial charge in [-0.05, 0) is 31.2 Å². The number of nitrogens with one attached hydrogen (secondary N) is 1. The van der Waals surface area contributed by atoms with Gasteiger partial charge in [-0.15, -0.1) is 0 Å². The van der Waals surface area contributed by atoms with Crippen LogP contribution in [-0.4, -0.2) is 27.5 Å². The van der Waals surface area contributed by atoms with Crippen LogP contribution in [0.3, 0.4) is 0 Å². The number of benzene rings is 1. The van der Waals surface area contributed by atoms with Crippen molar-refractivity contribution in [1.82, 2.24) is 4.72 Å². The predicted molar refractivity (Wildman–Crippen MR) is 57.8 cm³/mol. The quantitative estimate of drug-likeness (QED) is 0.739. The molecule has 17 heavy (non-hydrogen) atoms. The van der Waals surface area contributed by atoms with E-state index in [0.717, 1.165) is 0 Å². The Labute approximate surface area is 99.3 Å². The molecule has 0 aliphatic heterocycles. The lowest BCUT2D eigenvalue weighted by atomic mass is 10.3. The van der Waals surface area contributed by atoms with Gasteiger partial charge in [0.15, 0.2) is 0 Å². The lowest BCUT2D eigenvalue weighted by Gasteiger charge is -2.14. The fourth-order valence-corrected chi connectivity index (χ4v) is 2.30. The highest BCUT2D eigenvalue weighted by Crippen LogP contribution is 2.15. The zero-order valence-corrected chi connectivity index (χ0v) is 10.2. The van der Waals surface area contributed by atoms with E-state index >= 15 is 0 Å². The van der Waals surface area contributed by atoms with Crippen molar-refractivity contribution in [3.8, 4) is 5.75 Å². The van der Waals surface area contributed by atoms with E-state index in [1.807, 2.05) is 4.72 Å². The molecule has 0 unspecified atom stereocenters. The van der Waals surface area contributed by atoms with E-state index in [1.165, 1.54) is 38.3 Å². The fraction of sp³-hybridized carbons (Fsp3) is 0.300. The summed E-state index contributed by atoms with van der Waals surface area (Å²) in [7, 11) is -2.40. The molecule has 0 radical (unpaired) electrons. The zero-order valence-electron chi connectivity index (χ0n) is 9.34. The third kappa shape index (κ3) is 3.43. The van der Waals surface area contributed by atoms with Gasteiger partial charge in [-0.2, -0.15) is 0 Å². The molecule has 1 N–H and O–H groups in total. The highest BCUT2D eigenvalue weighted by molar-refractivity contribution is 7.89. The minimum absolute atomic E-state index is 0.0357. The summed E-state index contributed by atoms with van der Waals surface area (Å²) in [6.45, 7) is 1.19. The number of hydrogen-bond donors (Lipinski definition) is 1. The maximum absolute atomic E-state index is 11.7. The molecule has 6 nitrogen and oxygen atoms in total. The number of methoxy groups -OCH3 is 1. The molecule has 1 aromatic rings. The molecule has 94 valence electrons. The van der Waals surface area contributed by atoms with Crippen molar-refractivity contribution < 1.29 is 23.1 Å². The zero-order chi connectivity index (χ0) is 13.1. The van der Waals surface area contributed by atoms with Gasteiger partial charge in [-0.1, -0.05) is 0 Å². The summed E-state index contributed by atoms with van der Waals surface area (Å²) in [4.78, 5) is 10.4. The first-order chi connectivity index (χ1) is 7.86. The number of sulfonamides is 1. The first-order valence-electron chi connectivity index (χ1n) is 4.74. The van der Waals surface area contributed by atoms with E-state index in [9.17, 15) is 18.3 Å². The van der Waals surface area contributed by atoms with E-state index in [1.54, 1.807) is 0 Å². The van der Waals surface area contributed by atoms with Gasteiger partial charge in [0, 0.05) is 0 Å². The molecule has 1 rings (SSSR count). The average Bonchev–Trinajstić information content (AvgIpc) is 2.28. The first-order valence-corrected chi connectivity index (χ1v) is 6.22. The standard InChI is InChI=1S/C10H13NO5S/c1-7(10(12)13)11-17(14,15)9-5-3-8(16-2)4-6-9/h3-7,11H,1-2H3,(H,12,13)/p-1/t7-/m1/s1. The van der Waals surface area contributed by atoms with Crippen LogP contribution in [0.1, 0.15) is 6.92 Å². The number of carbonyl (C=O) groups is 1. The van der Waals surface area contributed by atoms with E-state index in [-0.39, 0.29) is 4.90 Å². The maximum atomic E-state index is 11.7. The number of ether oxygens (including phenoxy) is 1. The summed E-state index contributed by atoms with van der Waals surface area (Å²) in [5.41, 5.74) is 0. The molecular weight excluding hydrogens is 246 g/mol. The Morgan fingerprint density at radius 3 is 2.29 bits per heavy atom. The number of rotatable bonds is 5. The van der Waals surface area contributed by atoms with Crippen LogP contribution < -0.4 is 14.6 Å². The number of carboxylic acids is 1. The van der Waals surface area contributed by atoms with Gasteiger partial charge in [-0.25, -0.2) is 13.1 Å². The smallest absolute Gasteiger partial charge is 0.241 e. The van der Waals surface area contributed by atoms with Crippen LogP contribution in [0.2, 0.25) is 0 Å². The number of carboxylic acid groups (broad SMARTS) is 1. The molecule has 0 bridgehead atoms. The molecule has 0 spiro atoms. The van der Waals surface area contributed by atoms with Gasteiger partial charge < -0.3 is 14.6 Å². The minimum Gasteiger partial charge on any atom is -0.548 e. The SMILES string of the molecule is COc1ccc(S(=O)(=O)N[C@H](C)C(=O)[O-])cc1. The lowest BCUT2D eigenvalue weighted by Crippen LogP contribution is -2.45. The van der Waals surface area contributed by atoms with Crippen molar-refractivity contribution in [3.05, 3.63) is 24.3 Å². The Bertz CT molecular complexity index is 494. The van der Waals surface area contributed by atoms with Crippen molar-refractivity contribution in [2.24, 2.45) is 0 Å². The summed E-state index contributed by atoms with van der Waals surface area (Å²) in [6, 6.07) is 4.30. The molecule has 0 saturated carbocycles. The van der Waals surface area contributed by atoms with Crippen LogP contribution >= 0.6 is 0 Å². The molecule has 0 amide bonds. The fourth-order valence-electron chi connectivity index (χ4n) is 1.10. The molecule has 0 aliphatic rings. The van der Waals surface area contributed by atoms with Crippen LogP contribution in [0.25, 0.3) is 0 Å². The first kappa shape index (κ1) is 13.5. The molecule has 1 aromatic carbocycles. The normalized spacial score (nSPS) is 13.1. The highest BCUT2D eigenvalue weighted by atomic mass is 32.2. The van der Waals surface area contributed by atoms with Gasteiger partial charge in [0.1, 0.15) is 5.75 Å². The topological polar surface area (TPSA) is 95.5 Å². The van der Waals surface area contributed by atoms with Crippen LogP contribution in [0, 0.1) is 0 Å². The molecule has 0 fully saturated rings. The molecule has 0 saturated heterocycles. The van der Waals surface area contributed by atoms with Gasteiger partial charge >= 0.3 is 0 Å². The second-order valence-electron chi connectivity index (χ2n) is 3.34. The van der Waals surface area contributed by atoms with Crippen LogP contribution in [0.5, 0.6) is 5.75 Å². The summed E-state index contributed by atoms with van der Waals surface area (Å²) < 4.78 is 30.3. The Morgan fingerprint density at radius 2 is 1.88 bits per heavy atom. The third-order valence-corrected chi connectivity index (χ3v) is 3.61. The van der Waals surface area contributed by atoms with Crippen molar-refractivity contribution in [2.45, 2.75) is 17.9 Å². The van der Waals surface area contributed by atoms with Crippen molar-refractivity contribution in [3.63, 3.8) is 0 Å². The Kier molecular flexibility index (Phi) is 4.08. The summed E-state index contributed by atoms with van der Waals surface area (Å²) in [5.74, 6) is -0.973. The number of carbonyl (C=O) groups excluding carboxylic acids is 1. The average molecular weight is 258 g/mol. The second-order valence-corrected chi connectivity index (χ2v) is 5.05. The van der Waals surface area contributed by atoms with Gasteiger partial charge in [0.05, 0.1) is 24.0 Å². The van der Waals surface area contributed by atoms with Crippen molar-refractivity contribution in [1.29, 1.82) is 0 Å². The van der Waals surface area contributed by atoms with E-state index < -0.39 is 22.0 Å². The van der Waals surface area contributed by atoms with Gasteiger partial charge in [0.2, 0.25) is 10.0 Å². The van der Waals surface area contributed by atoms with E-state index in [2.05, 4.69) is 0 Å². The molecule has 0 heterocycles. The van der Waals surface area contributed by atoms with Crippen LogP contribution in [0.15, 0.2) is 29.2 Å². The van der Waals surface area contributed by atoms with Gasteiger partial charge in [-0.3, -0.25) is 0 Å². The molecule has 1 atom stereocenters. The Hall–Kier alpha value is -1.60. The predicted octanol–water partition coefficient (Wildman–Crippen LogP) is -0.888. The van der Waals surface area contributed by atoms with Crippen molar-refractivity contribution >= 4 is 16.0 Å². The van der Waals surface area contributed by atoms with Crippen LogP contribution in [-0.2, 0) is 14.8 Å². The minimum atomic E-state index is -3.86. The van der Waals surface area contributed by atoms with Crippen LogP contribution in [0.4, 0.5) is 0 Å². The number of hydrogen-bond acceptors (Lipinski definition) is 5. The summed E-state index contributed by atoms with van der Waals surface area (Å²) in [6.07, 6.45) is 0. The molecule has 0 aromatic heterocycles. The van der Waals surface area contributed by atoms with E-state index in [4.69, 9.17) is 4.74 Å². The maximum Gasteiger partial charge on any atom is 0.241 e. The molecule has 0 aliphatic carbocycles. The number of aliphatic carboxylic acids is 1. The molecular formula is C10H12NO5S-. The van der Waals surface area contributed by atoms with Crippen molar-refractivity contribution in [2.75, 3.05) is 7.11 Å². The third-order valence-electron chi connectivity index (χ3n) is 2.06. The van der Waals surface area contributed by atoms with Gasteiger partial charge in [0.25, 0.3) is 0 Å². The Morgan fingerprint density at radius 1 is 1.35 bits per heavy atom. The second kappa shape index (κ2) is 5.15. The summed E-state index contributed by atoms with van der Waals surface area (Å²) in [5, 5.41) is 10.5.